The summed E-state index contributed by atoms with van der Waals surface area (Å²) >= 11 is 0. The highest BCUT2D eigenvalue weighted by molar-refractivity contribution is 7.91. The van der Waals surface area contributed by atoms with E-state index >= 15 is 0 Å². The second-order valence-electron chi connectivity index (χ2n) is 4.76. The summed E-state index contributed by atoms with van der Waals surface area (Å²) in [5, 5.41) is 11.9. The van der Waals surface area contributed by atoms with Crippen molar-refractivity contribution in [2.24, 2.45) is 5.92 Å². The van der Waals surface area contributed by atoms with Crippen molar-refractivity contribution in [3.63, 3.8) is 0 Å². The van der Waals surface area contributed by atoms with Gasteiger partial charge in [-0.25, -0.2) is 8.42 Å². The smallest absolute Gasteiger partial charge is 0.306 e. The normalized spacial score (nSPS) is 15.3. The maximum Gasteiger partial charge on any atom is 0.306 e. The summed E-state index contributed by atoms with van der Waals surface area (Å²) in [6.07, 6.45) is 2.36. The third-order valence-corrected chi connectivity index (χ3v) is 4.75. The van der Waals surface area contributed by atoms with Gasteiger partial charge in [0.2, 0.25) is 0 Å². The molecule has 18 heavy (non-hydrogen) atoms. The van der Waals surface area contributed by atoms with Gasteiger partial charge in [-0.15, -0.1) is 0 Å². The summed E-state index contributed by atoms with van der Waals surface area (Å²) in [6, 6.07) is 0.220. The van der Waals surface area contributed by atoms with Crippen LogP contribution in [0.15, 0.2) is 0 Å². The topological polar surface area (TPSA) is 83.5 Å². The van der Waals surface area contributed by atoms with Gasteiger partial charge in [0.05, 0.1) is 11.7 Å². The number of carbonyl (C=O) groups is 1. The predicted octanol–water partition coefficient (Wildman–Crippen LogP) is 1.29. The van der Waals surface area contributed by atoms with Crippen LogP contribution < -0.4 is 5.32 Å². The summed E-state index contributed by atoms with van der Waals surface area (Å²) in [6.45, 7) is 5.80. The van der Waals surface area contributed by atoms with Gasteiger partial charge in [-0.1, -0.05) is 20.3 Å². The molecule has 108 valence electrons. The summed E-state index contributed by atoms with van der Waals surface area (Å²) < 4.78 is 22.5. The first-order valence-electron chi connectivity index (χ1n) is 6.45. The molecule has 2 N–H and O–H groups in total. The fourth-order valence-corrected chi connectivity index (χ4v) is 2.28. The zero-order valence-corrected chi connectivity index (χ0v) is 12.3. The molecule has 0 aromatic heterocycles. The van der Waals surface area contributed by atoms with Crippen LogP contribution >= 0.6 is 0 Å². The molecular weight excluding hydrogens is 254 g/mol. The molecule has 0 amide bonds. The summed E-state index contributed by atoms with van der Waals surface area (Å²) in [4.78, 5) is 10.6. The third kappa shape index (κ3) is 8.47. The van der Waals surface area contributed by atoms with Gasteiger partial charge in [-0.05, 0) is 19.8 Å². The zero-order chi connectivity index (χ0) is 14.2. The van der Waals surface area contributed by atoms with Crippen molar-refractivity contribution in [3.8, 4) is 0 Å². The highest BCUT2D eigenvalue weighted by Gasteiger charge is 2.12. The third-order valence-electron chi connectivity index (χ3n) is 3.04. The molecule has 0 rings (SSSR count). The van der Waals surface area contributed by atoms with Crippen LogP contribution in [0.3, 0.4) is 0 Å². The van der Waals surface area contributed by atoms with Crippen molar-refractivity contribution in [1.29, 1.82) is 0 Å². The predicted molar refractivity (Wildman–Crippen MR) is 72.4 cm³/mol. The fraction of sp³-hybridized carbons (Fsp3) is 0.917. The number of sulfone groups is 1. The minimum absolute atomic E-state index is 0.166. The van der Waals surface area contributed by atoms with Gasteiger partial charge >= 0.3 is 5.97 Å². The number of rotatable bonds is 10. The highest BCUT2D eigenvalue weighted by Crippen LogP contribution is 2.09. The van der Waals surface area contributed by atoms with E-state index in [1.165, 1.54) is 0 Å². The molecule has 0 aliphatic carbocycles. The summed E-state index contributed by atoms with van der Waals surface area (Å²) in [5.74, 6) is -0.722. The Kier molecular flexibility index (Phi) is 8.18. The number of carboxylic acid groups (broad SMARTS) is 1. The lowest BCUT2D eigenvalue weighted by Gasteiger charge is -2.14. The number of nitrogens with one attached hydrogen (secondary N) is 1. The molecule has 6 heteroatoms. The highest BCUT2D eigenvalue weighted by atomic mass is 32.2. The van der Waals surface area contributed by atoms with E-state index in [9.17, 15) is 13.2 Å². The SMILES string of the molecule is CCS(=O)(=O)CCNC(C)CCCC(C)C(=O)O. The maximum atomic E-state index is 11.3. The van der Waals surface area contributed by atoms with E-state index in [1.54, 1.807) is 13.8 Å². The van der Waals surface area contributed by atoms with Crippen molar-refractivity contribution in [2.45, 2.75) is 46.1 Å². The van der Waals surface area contributed by atoms with Crippen LogP contribution in [0.5, 0.6) is 0 Å². The maximum absolute atomic E-state index is 11.3. The first-order chi connectivity index (χ1) is 8.28. The van der Waals surface area contributed by atoms with Gasteiger partial charge < -0.3 is 10.4 Å². The quantitative estimate of drug-likeness (QED) is 0.629. The van der Waals surface area contributed by atoms with Crippen molar-refractivity contribution in [2.75, 3.05) is 18.1 Å². The molecule has 0 saturated carbocycles. The van der Waals surface area contributed by atoms with E-state index in [-0.39, 0.29) is 23.5 Å². The molecule has 2 unspecified atom stereocenters. The Balaban J connectivity index is 3.67. The van der Waals surface area contributed by atoms with Crippen LogP contribution in [0, 0.1) is 5.92 Å². The molecule has 0 aromatic rings. The van der Waals surface area contributed by atoms with Gasteiger partial charge in [0.15, 0.2) is 9.84 Å². The number of hydrogen-bond acceptors (Lipinski definition) is 4. The summed E-state index contributed by atoms with van der Waals surface area (Å²) in [7, 11) is -2.90. The molecule has 0 aliphatic heterocycles. The largest absolute Gasteiger partial charge is 0.481 e. The minimum atomic E-state index is -2.90. The summed E-state index contributed by atoms with van der Waals surface area (Å²) in [5.41, 5.74) is 0. The van der Waals surface area contributed by atoms with Gasteiger partial charge in [0.1, 0.15) is 0 Å². The number of carboxylic acids is 1. The Morgan fingerprint density at radius 1 is 1.28 bits per heavy atom. The van der Waals surface area contributed by atoms with Crippen molar-refractivity contribution >= 4 is 15.8 Å². The van der Waals surface area contributed by atoms with Crippen LogP contribution in [0.25, 0.3) is 0 Å². The standard InChI is InChI=1S/C12H25NO4S/c1-4-18(16,17)9-8-13-11(3)7-5-6-10(2)12(14)15/h10-11,13H,4-9H2,1-3H3,(H,14,15). The molecule has 0 bridgehead atoms. The van der Waals surface area contributed by atoms with Crippen LogP contribution in [0.2, 0.25) is 0 Å². The van der Waals surface area contributed by atoms with Crippen molar-refractivity contribution < 1.29 is 18.3 Å². The molecule has 0 aromatic carbocycles. The minimum Gasteiger partial charge on any atom is -0.481 e. The van der Waals surface area contributed by atoms with Crippen LogP contribution in [0.4, 0.5) is 0 Å². The monoisotopic (exact) mass is 279 g/mol. The zero-order valence-electron chi connectivity index (χ0n) is 11.5. The number of hydrogen-bond donors (Lipinski definition) is 2. The van der Waals surface area contributed by atoms with E-state index in [1.807, 2.05) is 6.92 Å². The molecule has 5 nitrogen and oxygen atoms in total. The van der Waals surface area contributed by atoms with Crippen LogP contribution in [0.1, 0.15) is 40.0 Å². The lowest BCUT2D eigenvalue weighted by atomic mass is 10.0. The van der Waals surface area contributed by atoms with E-state index in [4.69, 9.17) is 5.11 Å². The van der Waals surface area contributed by atoms with Crippen molar-refractivity contribution in [1.82, 2.24) is 5.32 Å². The first-order valence-corrected chi connectivity index (χ1v) is 8.27. The average Bonchev–Trinajstić information content (AvgIpc) is 2.28. The second kappa shape index (κ2) is 8.48. The molecule has 0 aliphatic rings. The van der Waals surface area contributed by atoms with Gasteiger partial charge in [-0.2, -0.15) is 0 Å². The molecular formula is C12H25NO4S. The number of aliphatic carboxylic acids is 1. The Bertz CT molecular complexity index is 340. The van der Waals surface area contributed by atoms with Crippen molar-refractivity contribution in [3.05, 3.63) is 0 Å². The fourth-order valence-electron chi connectivity index (χ4n) is 1.56. The van der Waals surface area contributed by atoms with Gasteiger partial charge in [0, 0.05) is 18.3 Å². The Labute approximate surface area is 110 Å². The first kappa shape index (κ1) is 17.4. The lowest BCUT2D eigenvalue weighted by Crippen LogP contribution is -2.31. The average molecular weight is 279 g/mol. The lowest BCUT2D eigenvalue weighted by molar-refractivity contribution is -0.141. The van der Waals surface area contributed by atoms with E-state index in [0.29, 0.717) is 13.0 Å². The van der Waals surface area contributed by atoms with Gasteiger partial charge in [0.25, 0.3) is 0 Å². The van der Waals surface area contributed by atoms with E-state index in [2.05, 4.69) is 5.32 Å². The molecule has 0 saturated heterocycles. The molecule has 0 heterocycles. The van der Waals surface area contributed by atoms with Gasteiger partial charge in [-0.3, -0.25) is 4.79 Å². The second-order valence-corrected chi connectivity index (χ2v) is 7.23. The van der Waals surface area contributed by atoms with Crippen LogP contribution in [-0.2, 0) is 14.6 Å². The molecule has 0 spiro atoms. The molecule has 0 fully saturated rings. The molecule has 0 radical (unpaired) electrons. The van der Waals surface area contributed by atoms with E-state index in [0.717, 1.165) is 12.8 Å². The van der Waals surface area contributed by atoms with E-state index < -0.39 is 15.8 Å². The molecule has 2 atom stereocenters. The Hall–Kier alpha value is -0.620. The van der Waals surface area contributed by atoms with Crippen LogP contribution in [-0.4, -0.2) is 43.6 Å². The Morgan fingerprint density at radius 3 is 2.39 bits per heavy atom. The Morgan fingerprint density at radius 2 is 1.89 bits per heavy atom.